The lowest BCUT2D eigenvalue weighted by Gasteiger charge is -2.34. The van der Waals surface area contributed by atoms with Gasteiger partial charge in [-0.2, -0.15) is 0 Å². The van der Waals surface area contributed by atoms with Crippen LogP contribution in [-0.4, -0.2) is 53.1 Å². The molecule has 33 heavy (non-hydrogen) atoms. The summed E-state index contributed by atoms with van der Waals surface area (Å²) in [5.41, 5.74) is 4.45. The van der Waals surface area contributed by atoms with Crippen LogP contribution in [0.1, 0.15) is 11.3 Å². The third-order valence-corrected chi connectivity index (χ3v) is 6.08. The molecule has 0 spiro atoms. The molecule has 2 aromatic heterocycles. The van der Waals surface area contributed by atoms with Crippen molar-refractivity contribution in [3.63, 3.8) is 0 Å². The van der Waals surface area contributed by atoms with Gasteiger partial charge in [0.2, 0.25) is 5.88 Å². The summed E-state index contributed by atoms with van der Waals surface area (Å²) in [5.74, 6) is 0.646. The molecule has 0 radical (unpaired) electrons. The Morgan fingerprint density at radius 2 is 1.76 bits per heavy atom. The van der Waals surface area contributed by atoms with Gasteiger partial charge >= 0.3 is 0 Å². The van der Waals surface area contributed by atoms with Crippen molar-refractivity contribution in [2.24, 2.45) is 0 Å². The van der Waals surface area contributed by atoms with E-state index in [1.165, 1.54) is 12.0 Å². The van der Waals surface area contributed by atoms with Crippen molar-refractivity contribution >= 4 is 28.1 Å². The molecule has 0 atom stereocenters. The number of anilines is 3. The summed E-state index contributed by atoms with van der Waals surface area (Å²) in [6.07, 6.45) is 1.42. The molecule has 5 rings (SSSR count). The Kier molecular flexibility index (Phi) is 5.60. The van der Waals surface area contributed by atoms with Crippen molar-refractivity contribution in [1.29, 1.82) is 0 Å². The number of rotatable bonds is 5. The molecule has 0 bridgehead atoms. The van der Waals surface area contributed by atoms with E-state index in [-0.39, 0.29) is 5.75 Å². The predicted octanol–water partition coefficient (Wildman–Crippen LogP) is 5.00. The monoisotopic (exact) mass is 446 g/mol. The molecule has 3 heterocycles. The van der Waals surface area contributed by atoms with Crippen LogP contribution < -0.4 is 15.0 Å². The molecule has 7 nitrogen and oxygen atoms in total. The number of likely N-dealkylation sites (N-methyl/N-ethyl adjacent to an activating group) is 1. The zero-order valence-corrected chi connectivity index (χ0v) is 19.0. The van der Waals surface area contributed by atoms with E-state index in [4.69, 9.17) is 4.74 Å². The van der Waals surface area contributed by atoms with Gasteiger partial charge in [-0.3, -0.25) is 0 Å². The second-order valence-electron chi connectivity index (χ2n) is 8.51. The molecule has 4 aromatic rings. The highest BCUT2D eigenvalue weighted by Gasteiger charge is 2.16. The molecule has 1 saturated heterocycles. The molecule has 1 aliphatic heterocycles. The van der Waals surface area contributed by atoms with Gasteiger partial charge < -0.3 is 24.8 Å². The second-order valence-corrected chi connectivity index (χ2v) is 8.51. The van der Waals surface area contributed by atoms with Gasteiger partial charge in [0.05, 0.1) is 5.56 Å². The summed E-state index contributed by atoms with van der Waals surface area (Å²) in [6.45, 7) is 7.94. The van der Waals surface area contributed by atoms with Crippen LogP contribution in [0, 0.1) is 19.7 Å². The lowest BCUT2D eigenvalue weighted by atomic mass is 10.2. The number of nitrogens with one attached hydrogen (secondary N) is 2. The summed E-state index contributed by atoms with van der Waals surface area (Å²) in [4.78, 5) is 16.4. The smallest absolute Gasteiger partial charge is 0.227 e. The molecule has 1 aliphatic rings. The summed E-state index contributed by atoms with van der Waals surface area (Å²) in [6, 6.07) is 13.5. The number of H-pyrrole nitrogens is 1. The van der Waals surface area contributed by atoms with Crippen molar-refractivity contribution in [3.05, 3.63) is 65.9 Å². The predicted molar refractivity (Wildman–Crippen MR) is 129 cm³/mol. The molecular formula is C25H27FN6O. The number of hydrogen-bond donors (Lipinski definition) is 2. The topological polar surface area (TPSA) is 69.3 Å². The fourth-order valence-electron chi connectivity index (χ4n) is 4.09. The van der Waals surface area contributed by atoms with Gasteiger partial charge in [0.15, 0.2) is 11.6 Å². The fraction of sp³-hybridized carbons (Fsp3) is 0.280. The lowest BCUT2D eigenvalue weighted by molar-refractivity contribution is 0.313. The Morgan fingerprint density at radius 3 is 2.52 bits per heavy atom. The van der Waals surface area contributed by atoms with Crippen molar-refractivity contribution in [3.8, 4) is 11.6 Å². The normalized spacial score (nSPS) is 14.6. The van der Waals surface area contributed by atoms with E-state index in [0.29, 0.717) is 22.6 Å². The second kappa shape index (κ2) is 8.71. The van der Waals surface area contributed by atoms with E-state index in [0.717, 1.165) is 43.1 Å². The molecule has 0 unspecified atom stereocenters. The summed E-state index contributed by atoms with van der Waals surface area (Å²) in [7, 11) is 2.15. The highest BCUT2D eigenvalue weighted by molar-refractivity contribution is 5.82. The maximum absolute atomic E-state index is 14.9. The van der Waals surface area contributed by atoms with Crippen LogP contribution in [0.25, 0.3) is 10.9 Å². The van der Waals surface area contributed by atoms with Crippen LogP contribution in [0.2, 0.25) is 0 Å². The van der Waals surface area contributed by atoms with Crippen LogP contribution >= 0.6 is 0 Å². The minimum Gasteiger partial charge on any atom is -0.435 e. The van der Waals surface area contributed by atoms with E-state index in [1.54, 1.807) is 18.2 Å². The average Bonchev–Trinajstić information content (AvgIpc) is 3.20. The number of fused-ring (bicyclic) bond motifs is 1. The molecule has 2 N–H and O–H groups in total. The first kappa shape index (κ1) is 21.2. The highest BCUT2D eigenvalue weighted by Crippen LogP contribution is 2.33. The van der Waals surface area contributed by atoms with Gasteiger partial charge in [0.25, 0.3) is 0 Å². The highest BCUT2D eigenvalue weighted by atomic mass is 19.1. The third kappa shape index (κ3) is 4.34. The minimum absolute atomic E-state index is 0.130. The van der Waals surface area contributed by atoms with Gasteiger partial charge in [0.1, 0.15) is 12.1 Å². The zero-order valence-electron chi connectivity index (χ0n) is 19.0. The molecule has 8 heteroatoms. The van der Waals surface area contributed by atoms with Crippen molar-refractivity contribution < 1.29 is 9.13 Å². The first-order valence-electron chi connectivity index (χ1n) is 11.1. The van der Waals surface area contributed by atoms with E-state index in [1.807, 2.05) is 26.0 Å². The van der Waals surface area contributed by atoms with Gasteiger partial charge in [-0.25, -0.2) is 14.4 Å². The Morgan fingerprint density at radius 1 is 1.00 bits per heavy atom. The third-order valence-electron chi connectivity index (χ3n) is 6.08. The Labute approximate surface area is 192 Å². The van der Waals surface area contributed by atoms with Crippen LogP contribution in [0.5, 0.6) is 11.6 Å². The van der Waals surface area contributed by atoms with Crippen molar-refractivity contribution in [2.45, 2.75) is 13.8 Å². The first-order valence-corrected chi connectivity index (χ1v) is 11.1. The summed E-state index contributed by atoms with van der Waals surface area (Å²) >= 11 is 0. The number of ether oxygens (including phenoxy) is 1. The molecule has 2 aromatic carbocycles. The number of aryl methyl sites for hydroxylation is 1. The van der Waals surface area contributed by atoms with E-state index in [2.05, 4.69) is 49.2 Å². The van der Waals surface area contributed by atoms with E-state index in [9.17, 15) is 4.39 Å². The summed E-state index contributed by atoms with van der Waals surface area (Å²) < 4.78 is 20.8. The number of halogens is 1. The SMILES string of the molecule is Cc1cc2c(F)c(Oc3ncnc(Nc4ccc(N5CCN(C)CC5)cc4)c3C)ccc2[nH]1. The van der Waals surface area contributed by atoms with Gasteiger partial charge in [0, 0.05) is 54.2 Å². The Balaban J connectivity index is 1.33. The largest absolute Gasteiger partial charge is 0.435 e. The number of benzene rings is 2. The van der Waals surface area contributed by atoms with Crippen molar-refractivity contribution in [2.75, 3.05) is 43.4 Å². The van der Waals surface area contributed by atoms with Crippen LogP contribution in [0.4, 0.5) is 21.6 Å². The summed E-state index contributed by atoms with van der Waals surface area (Å²) in [5, 5.41) is 3.82. The van der Waals surface area contributed by atoms with Gasteiger partial charge in [-0.1, -0.05) is 0 Å². The fourth-order valence-corrected chi connectivity index (χ4v) is 4.09. The van der Waals surface area contributed by atoms with Crippen LogP contribution in [0.15, 0.2) is 48.8 Å². The zero-order chi connectivity index (χ0) is 22.9. The molecule has 0 amide bonds. The number of piperazine rings is 1. The molecule has 1 fully saturated rings. The minimum atomic E-state index is -0.413. The van der Waals surface area contributed by atoms with E-state index >= 15 is 0 Å². The quantitative estimate of drug-likeness (QED) is 0.450. The number of aromatic amines is 1. The molecule has 170 valence electrons. The van der Waals surface area contributed by atoms with Gasteiger partial charge in [-0.05, 0) is 63.4 Å². The lowest BCUT2D eigenvalue weighted by Crippen LogP contribution is -2.44. The molecular weight excluding hydrogens is 419 g/mol. The van der Waals surface area contributed by atoms with Crippen LogP contribution in [-0.2, 0) is 0 Å². The maximum Gasteiger partial charge on any atom is 0.227 e. The number of hydrogen-bond acceptors (Lipinski definition) is 6. The average molecular weight is 447 g/mol. The molecule has 0 saturated carbocycles. The van der Waals surface area contributed by atoms with E-state index < -0.39 is 5.82 Å². The Bertz CT molecular complexity index is 1280. The number of aromatic nitrogens is 3. The first-order chi connectivity index (χ1) is 16.0. The van der Waals surface area contributed by atoms with Crippen molar-refractivity contribution in [1.82, 2.24) is 19.9 Å². The Hall–Kier alpha value is -3.65. The molecule has 0 aliphatic carbocycles. The number of nitrogens with zero attached hydrogens (tertiary/aromatic N) is 4. The maximum atomic E-state index is 14.9. The van der Waals surface area contributed by atoms with Crippen LogP contribution in [0.3, 0.4) is 0 Å². The standard InChI is InChI=1S/C25H27FN6O/c1-16-14-20-21(29-16)8-9-22(23(20)26)33-25-17(2)24(27-15-28-25)30-18-4-6-19(7-5-18)32-12-10-31(3)11-13-32/h4-9,14-15,29H,10-13H2,1-3H3,(H,27,28,30). The van der Waals surface area contributed by atoms with Gasteiger partial charge in [-0.15, -0.1) is 0 Å².